The van der Waals surface area contributed by atoms with E-state index in [-0.39, 0.29) is 23.4 Å². The van der Waals surface area contributed by atoms with Gasteiger partial charge in [0.2, 0.25) is 0 Å². The summed E-state index contributed by atoms with van der Waals surface area (Å²) in [5.74, 6) is 0.0550. The summed E-state index contributed by atoms with van der Waals surface area (Å²) >= 11 is 0. The fourth-order valence-corrected chi connectivity index (χ4v) is 2.98. The molecule has 0 radical (unpaired) electrons. The lowest BCUT2D eigenvalue weighted by Gasteiger charge is -2.09. The average Bonchev–Trinajstić information content (AvgIpc) is 3.18. The summed E-state index contributed by atoms with van der Waals surface area (Å²) in [5.41, 5.74) is -0.384. The first-order valence-electron chi connectivity index (χ1n) is 7.42. The lowest BCUT2D eigenvalue weighted by atomic mass is 10.2. The van der Waals surface area contributed by atoms with Crippen LogP contribution in [-0.2, 0) is 24.2 Å². The van der Waals surface area contributed by atoms with Gasteiger partial charge in [-0.05, 0) is 25.8 Å². The second-order valence-electron chi connectivity index (χ2n) is 5.54. The van der Waals surface area contributed by atoms with Crippen molar-refractivity contribution in [2.45, 2.75) is 32.9 Å². The van der Waals surface area contributed by atoms with Crippen molar-refractivity contribution in [3.8, 4) is 6.07 Å². The maximum Gasteiger partial charge on any atom is 0.341 e. The molecule has 8 heteroatoms. The molecular formula is C16H15N3O5. The number of carbonyl (C=O) groups is 1. The fourth-order valence-electron chi connectivity index (χ4n) is 2.98. The van der Waals surface area contributed by atoms with E-state index in [4.69, 9.17) is 4.42 Å². The highest BCUT2D eigenvalue weighted by Gasteiger charge is 2.24. The van der Waals surface area contributed by atoms with Gasteiger partial charge >= 0.3 is 11.7 Å². The smallest absolute Gasteiger partial charge is 0.341 e. The largest absolute Gasteiger partial charge is 0.465 e. The molecule has 8 nitrogen and oxygen atoms in total. The predicted octanol–water partition coefficient (Wildman–Crippen LogP) is 0.564. The fraction of sp³-hybridized carbons (Fsp3) is 0.375. The van der Waals surface area contributed by atoms with E-state index < -0.39 is 17.2 Å². The number of nitrogens with zero attached hydrogens (tertiary/aromatic N) is 3. The summed E-state index contributed by atoms with van der Waals surface area (Å²) in [6.45, 7) is 1.92. The zero-order valence-electron chi connectivity index (χ0n) is 13.3. The van der Waals surface area contributed by atoms with Crippen molar-refractivity contribution in [3.63, 3.8) is 0 Å². The van der Waals surface area contributed by atoms with E-state index in [1.165, 1.54) is 17.7 Å². The van der Waals surface area contributed by atoms with Crippen LogP contribution >= 0.6 is 0 Å². The van der Waals surface area contributed by atoms with E-state index in [2.05, 4.69) is 4.74 Å². The van der Waals surface area contributed by atoms with E-state index in [1.807, 2.05) is 6.07 Å². The Kier molecular flexibility index (Phi) is 3.85. The molecule has 0 aliphatic carbocycles. The van der Waals surface area contributed by atoms with Gasteiger partial charge in [-0.2, -0.15) is 5.26 Å². The molecule has 3 rings (SSSR count). The van der Waals surface area contributed by atoms with Gasteiger partial charge in [-0.25, -0.2) is 9.59 Å². The Morgan fingerprint density at radius 1 is 1.46 bits per heavy atom. The zero-order valence-corrected chi connectivity index (χ0v) is 13.3. The number of furan rings is 1. The van der Waals surface area contributed by atoms with Crippen LogP contribution in [0.25, 0.3) is 0 Å². The van der Waals surface area contributed by atoms with Crippen molar-refractivity contribution in [1.82, 2.24) is 9.13 Å². The highest BCUT2D eigenvalue weighted by atomic mass is 16.5. The first-order chi connectivity index (χ1) is 11.5. The Morgan fingerprint density at radius 3 is 2.88 bits per heavy atom. The van der Waals surface area contributed by atoms with Crippen LogP contribution in [-0.4, -0.2) is 22.2 Å². The van der Waals surface area contributed by atoms with E-state index in [0.29, 0.717) is 24.4 Å². The number of hydrogen-bond acceptors (Lipinski definition) is 6. The summed E-state index contributed by atoms with van der Waals surface area (Å²) in [6.07, 6.45) is 1.26. The number of fused-ring (bicyclic) bond motifs is 1. The van der Waals surface area contributed by atoms with Crippen molar-refractivity contribution in [1.29, 1.82) is 5.26 Å². The summed E-state index contributed by atoms with van der Waals surface area (Å²) in [4.78, 5) is 36.6. The van der Waals surface area contributed by atoms with Crippen molar-refractivity contribution in [2.75, 3.05) is 7.11 Å². The quantitative estimate of drug-likeness (QED) is 0.762. The SMILES string of the molecule is COC(=O)c1cc(Cn2c(=O)c(C#N)c3n(c2=O)CCC3)oc1C. The monoisotopic (exact) mass is 329 g/mol. The molecule has 3 heterocycles. The molecule has 0 atom stereocenters. The number of aromatic nitrogens is 2. The zero-order chi connectivity index (χ0) is 17.4. The lowest BCUT2D eigenvalue weighted by Crippen LogP contribution is -2.41. The van der Waals surface area contributed by atoms with E-state index in [0.717, 1.165) is 11.0 Å². The summed E-state index contributed by atoms with van der Waals surface area (Å²) in [7, 11) is 1.25. The molecule has 1 aliphatic heterocycles. The molecule has 124 valence electrons. The van der Waals surface area contributed by atoms with Gasteiger partial charge in [-0.1, -0.05) is 0 Å². The number of carbonyl (C=O) groups excluding carboxylic acids is 1. The minimum atomic E-state index is -0.635. The Balaban J connectivity index is 2.10. The van der Waals surface area contributed by atoms with Crippen LogP contribution in [0.3, 0.4) is 0 Å². The maximum absolute atomic E-state index is 12.5. The standard InChI is InChI=1S/C16H15N3O5/c1-9-11(15(21)23-2)6-10(24-9)8-19-14(20)12(7-17)13-4-3-5-18(13)16(19)22/h6H,3-5,8H2,1-2H3. The molecule has 0 fully saturated rings. The Morgan fingerprint density at radius 2 is 2.21 bits per heavy atom. The van der Waals surface area contributed by atoms with Crippen LogP contribution in [0.2, 0.25) is 0 Å². The molecule has 0 spiro atoms. The van der Waals surface area contributed by atoms with Crippen LogP contribution in [0.15, 0.2) is 20.1 Å². The second kappa shape index (κ2) is 5.85. The maximum atomic E-state index is 12.5. The average molecular weight is 329 g/mol. The molecule has 0 aromatic carbocycles. The van der Waals surface area contributed by atoms with Crippen molar-refractivity contribution in [3.05, 3.63) is 55.2 Å². The van der Waals surface area contributed by atoms with Gasteiger partial charge in [0.05, 0.1) is 13.7 Å². The van der Waals surface area contributed by atoms with E-state index >= 15 is 0 Å². The molecular weight excluding hydrogens is 314 g/mol. The van der Waals surface area contributed by atoms with Crippen molar-refractivity contribution < 1.29 is 13.9 Å². The molecule has 0 N–H and O–H groups in total. The van der Waals surface area contributed by atoms with Crippen LogP contribution in [0, 0.1) is 18.3 Å². The molecule has 1 aliphatic rings. The summed E-state index contributed by atoms with van der Waals surface area (Å²) in [6, 6.07) is 3.34. The molecule has 24 heavy (non-hydrogen) atoms. The molecule has 2 aromatic rings. The van der Waals surface area contributed by atoms with E-state index in [9.17, 15) is 19.6 Å². The number of rotatable bonds is 3. The third kappa shape index (κ3) is 2.34. The minimum absolute atomic E-state index is 0.0106. The summed E-state index contributed by atoms with van der Waals surface area (Å²) < 4.78 is 12.5. The highest BCUT2D eigenvalue weighted by molar-refractivity contribution is 5.90. The Labute approximate surface area is 136 Å². The molecule has 2 aromatic heterocycles. The highest BCUT2D eigenvalue weighted by Crippen LogP contribution is 2.17. The van der Waals surface area contributed by atoms with Crippen LogP contribution in [0.5, 0.6) is 0 Å². The molecule has 0 bridgehead atoms. The van der Waals surface area contributed by atoms with Gasteiger partial charge in [-0.15, -0.1) is 0 Å². The van der Waals surface area contributed by atoms with Gasteiger partial charge < -0.3 is 9.15 Å². The number of nitriles is 1. The van der Waals surface area contributed by atoms with Crippen LogP contribution in [0.4, 0.5) is 0 Å². The first kappa shape index (κ1) is 15.8. The first-order valence-corrected chi connectivity index (χ1v) is 7.42. The van der Waals surface area contributed by atoms with Crippen LogP contribution < -0.4 is 11.2 Å². The minimum Gasteiger partial charge on any atom is -0.465 e. The van der Waals surface area contributed by atoms with Crippen molar-refractivity contribution in [2.24, 2.45) is 0 Å². The van der Waals surface area contributed by atoms with Crippen molar-refractivity contribution >= 4 is 5.97 Å². The predicted molar refractivity (Wildman–Crippen MR) is 81.9 cm³/mol. The third-order valence-corrected chi connectivity index (χ3v) is 4.13. The van der Waals surface area contributed by atoms with Gasteiger partial charge in [-0.3, -0.25) is 13.9 Å². The van der Waals surface area contributed by atoms with Gasteiger partial charge in [0.1, 0.15) is 28.7 Å². The number of esters is 1. The molecule has 0 saturated heterocycles. The van der Waals surface area contributed by atoms with Gasteiger partial charge in [0, 0.05) is 12.2 Å². The van der Waals surface area contributed by atoms with E-state index in [1.54, 1.807) is 6.92 Å². The second-order valence-corrected chi connectivity index (χ2v) is 5.54. The molecule has 0 saturated carbocycles. The number of aryl methyl sites for hydroxylation is 1. The summed E-state index contributed by atoms with van der Waals surface area (Å²) in [5, 5.41) is 9.25. The molecule has 0 unspecified atom stereocenters. The Hall–Kier alpha value is -3.08. The van der Waals surface area contributed by atoms with Gasteiger partial charge in [0.25, 0.3) is 5.56 Å². The van der Waals surface area contributed by atoms with Gasteiger partial charge in [0.15, 0.2) is 0 Å². The molecule has 0 amide bonds. The van der Waals surface area contributed by atoms with Crippen LogP contribution in [0.1, 0.15) is 39.6 Å². The number of hydrogen-bond donors (Lipinski definition) is 0. The number of methoxy groups -OCH3 is 1. The Bertz CT molecular complexity index is 987. The normalized spacial score (nSPS) is 12.7. The number of ether oxygens (including phenoxy) is 1. The lowest BCUT2D eigenvalue weighted by molar-refractivity contribution is 0.0599. The topological polar surface area (TPSA) is 107 Å². The third-order valence-electron chi connectivity index (χ3n) is 4.13.